The van der Waals surface area contributed by atoms with Crippen LogP contribution in [0, 0.1) is 5.92 Å². The van der Waals surface area contributed by atoms with Crippen molar-refractivity contribution in [3.8, 4) is 11.5 Å². The highest BCUT2D eigenvalue weighted by Gasteiger charge is 2.21. The minimum Gasteiger partial charge on any atom is -0.454 e. The summed E-state index contributed by atoms with van der Waals surface area (Å²) in [4.78, 5) is 26.9. The summed E-state index contributed by atoms with van der Waals surface area (Å²) in [5, 5.41) is 2.89. The first-order chi connectivity index (χ1) is 13.6. The molecule has 0 bridgehead atoms. The lowest BCUT2D eigenvalue weighted by molar-refractivity contribution is 0.0696. The molecule has 1 N–H and O–H groups in total. The monoisotopic (exact) mass is 380 g/mol. The second-order valence-electron chi connectivity index (χ2n) is 7.42. The maximum absolute atomic E-state index is 12.6. The van der Waals surface area contributed by atoms with Gasteiger partial charge in [-0.3, -0.25) is 9.59 Å². The van der Waals surface area contributed by atoms with E-state index in [2.05, 4.69) is 12.2 Å². The maximum atomic E-state index is 12.6. The molecule has 2 aliphatic rings. The van der Waals surface area contributed by atoms with E-state index in [1.54, 1.807) is 24.3 Å². The lowest BCUT2D eigenvalue weighted by Crippen LogP contribution is -2.37. The van der Waals surface area contributed by atoms with Crippen LogP contribution in [0.5, 0.6) is 11.5 Å². The van der Waals surface area contributed by atoms with Crippen LogP contribution in [0.25, 0.3) is 0 Å². The second kappa shape index (κ2) is 7.92. The quantitative estimate of drug-likeness (QED) is 0.884. The van der Waals surface area contributed by atoms with Crippen molar-refractivity contribution >= 4 is 11.8 Å². The molecule has 2 aromatic rings. The van der Waals surface area contributed by atoms with Crippen LogP contribution in [0.15, 0.2) is 42.5 Å². The first-order valence-electron chi connectivity index (χ1n) is 9.66. The zero-order valence-corrected chi connectivity index (χ0v) is 15.9. The number of nitrogens with one attached hydrogen (secondary N) is 1. The predicted molar refractivity (Wildman–Crippen MR) is 104 cm³/mol. The van der Waals surface area contributed by atoms with Crippen molar-refractivity contribution in [3.63, 3.8) is 0 Å². The smallest absolute Gasteiger partial charge is 0.253 e. The first kappa shape index (κ1) is 18.3. The van der Waals surface area contributed by atoms with Crippen molar-refractivity contribution in [2.45, 2.75) is 26.3 Å². The van der Waals surface area contributed by atoms with Gasteiger partial charge in [-0.05, 0) is 60.7 Å². The summed E-state index contributed by atoms with van der Waals surface area (Å²) in [5.74, 6) is 1.96. The van der Waals surface area contributed by atoms with Gasteiger partial charge in [0.1, 0.15) is 0 Å². The van der Waals surface area contributed by atoms with Crippen molar-refractivity contribution in [1.29, 1.82) is 0 Å². The Morgan fingerprint density at radius 3 is 2.43 bits per heavy atom. The van der Waals surface area contributed by atoms with Gasteiger partial charge in [-0.2, -0.15) is 0 Å². The lowest BCUT2D eigenvalue weighted by Gasteiger charge is -2.30. The Hall–Kier alpha value is -3.02. The third-order valence-corrected chi connectivity index (χ3v) is 5.35. The van der Waals surface area contributed by atoms with E-state index in [4.69, 9.17) is 9.47 Å². The highest BCUT2D eigenvalue weighted by molar-refractivity contribution is 5.97. The fourth-order valence-corrected chi connectivity index (χ4v) is 3.49. The Labute approximate surface area is 164 Å². The molecule has 0 atom stereocenters. The highest BCUT2D eigenvalue weighted by Crippen LogP contribution is 2.32. The van der Waals surface area contributed by atoms with E-state index in [-0.39, 0.29) is 18.6 Å². The molecule has 2 heterocycles. The number of benzene rings is 2. The number of amides is 2. The molecule has 4 rings (SSSR count). The zero-order chi connectivity index (χ0) is 19.5. The first-order valence-corrected chi connectivity index (χ1v) is 9.66. The number of piperidine rings is 1. The SMILES string of the molecule is CC1CCN(C(=O)c2ccc(C(=O)NCc3ccc4c(c3)OCO4)cc2)CC1. The normalized spacial score (nSPS) is 16.1. The van der Waals surface area contributed by atoms with Crippen molar-refractivity contribution in [2.24, 2.45) is 5.92 Å². The molecular formula is C22H24N2O4. The molecule has 1 saturated heterocycles. The molecule has 6 nitrogen and oxygen atoms in total. The second-order valence-corrected chi connectivity index (χ2v) is 7.42. The van der Waals surface area contributed by atoms with Gasteiger partial charge in [0.2, 0.25) is 6.79 Å². The van der Waals surface area contributed by atoms with E-state index in [1.165, 1.54) is 0 Å². The van der Waals surface area contributed by atoms with Gasteiger partial charge in [-0.15, -0.1) is 0 Å². The van der Waals surface area contributed by atoms with Crippen LogP contribution in [-0.2, 0) is 6.54 Å². The molecule has 0 aromatic heterocycles. The standard InChI is InChI=1S/C22H24N2O4/c1-15-8-10-24(11-9-15)22(26)18-5-3-17(4-6-18)21(25)23-13-16-2-7-19-20(12-16)28-14-27-19/h2-7,12,15H,8-11,13-14H2,1H3,(H,23,25). The number of nitrogens with zero attached hydrogens (tertiary/aromatic N) is 1. The molecule has 0 saturated carbocycles. The van der Waals surface area contributed by atoms with Crippen molar-refractivity contribution in [3.05, 3.63) is 59.2 Å². The fraction of sp³-hybridized carbons (Fsp3) is 0.364. The largest absolute Gasteiger partial charge is 0.454 e. The van der Waals surface area contributed by atoms with Crippen LogP contribution < -0.4 is 14.8 Å². The van der Waals surface area contributed by atoms with Crippen molar-refractivity contribution < 1.29 is 19.1 Å². The lowest BCUT2D eigenvalue weighted by atomic mass is 9.98. The van der Waals surface area contributed by atoms with Gasteiger partial charge in [0, 0.05) is 30.8 Å². The van der Waals surface area contributed by atoms with E-state index < -0.39 is 0 Å². The minimum absolute atomic E-state index is 0.0409. The summed E-state index contributed by atoms with van der Waals surface area (Å²) in [7, 11) is 0. The van der Waals surface area contributed by atoms with Crippen LogP contribution in [-0.4, -0.2) is 36.6 Å². The number of fused-ring (bicyclic) bond motifs is 1. The average molecular weight is 380 g/mol. The summed E-state index contributed by atoms with van der Waals surface area (Å²) < 4.78 is 10.6. The van der Waals surface area contributed by atoms with Crippen LogP contribution >= 0.6 is 0 Å². The third-order valence-electron chi connectivity index (χ3n) is 5.35. The molecule has 2 aromatic carbocycles. The van der Waals surface area contributed by atoms with E-state index in [1.807, 2.05) is 23.1 Å². The molecule has 6 heteroatoms. The van der Waals surface area contributed by atoms with E-state index in [0.29, 0.717) is 29.3 Å². The molecule has 0 spiro atoms. The van der Waals surface area contributed by atoms with Gasteiger partial charge >= 0.3 is 0 Å². The molecule has 2 aliphatic heterocycles. The molecular weight excluding hydrogens is 356 g/mol. The Balaban J connectivity index is 1.34. The number of carbonyl (C=O) groups is 2. The molecule has 28 heavy (non-hydrogen) atoms. The summed E-state index contributed by atoms with van der Waals surface area (Å²) in [6.45, 7) is 4.45. The molecule has 146 valence electrons. The molecule has 1 fully saturated rings. The van der Waals surface area contributed by atoms with Crippen LogP contribution in [0.3, 0.4) is 0 Å². The Bertz CT molecular complexity index is 871. The minimum atomic E-state index is -0.177. The number of ether oxygens (including phenoxy) is 2. The van der Waals surface area contributed by atoms with Crippen molar-refractivity contribution in [2.75, 3.05) is 19.9 Å². The summed E-state index contributed by atoms with van der Waals surface area (Å²) in [5.41, 5.74) is 2.09. The van der Waals surface area contributed by atoms with Gasteiger partial charge < -0.3 is 19.7 Å². The van der Waals surface area contributed by atoms with Crippen LogP contribution in [0.2, 0.25) is 0 Å². The Morgan fingerprint density at radius 2 is 1.68 bits per heavy atom. The van der Waals surface area contributed by atoms with E-state index in [0.717, 1.165) is 37.2 Å². The topological polar surface area (TPSA) is 67.9 Å². The van der Waals surface area contributed by atoms with Crippen LogP contribution in [0.4, 0.5) is 0 Å². The van der Waals surface area contributed by atoms with E-state index >= 15 is 0 Å². The fourth-order valence-electron chi connectivity index (χ4n) is 3.49. The zero-order valence-electron chi connectivity index (χ0n) is 15.9. The number of hydrogen-bond acceptors (Lipinski definition) is 4. The van der Waals surface area contributed by atoms with Gasteiger partial charge in [-0.1, -0.05) is 13.0 Å². The van der Waals surface area contributed by atoms with Crippen molar-refractivity contribution in [1.82, 2.24) is 10.2 Å². The van der Waals surface area contributed by atoms with Crippen LogP contribution in [0.1, 0.15) is 46.0 Å². The predicted octanol–water partition coefficient (Wildman–Crippen LogP) is 3.22. The summed E-state index contributed by atoms with van der Waals surface area (Å²) >= 11 is 0. The number of likely N-dealkylation sites (tertiary alicyclic amines) is 1. The number of rotatable bonds is 4. The van der Waals surface area contributed by atoms with Gasteiger partial charge in [0.15, 0.2) is 11.5 Å². The molecule has 2 amide bonds. The molecule has 0 unspecified atom stereocenters. The number of carbonyl (C=O) groups excluding carboxylic acids is 2. The van der Waals surface area contributed by atoms with Gasteiger partial charge in [0.25, 0.3) is 11.8 Å². The van der Waals surface area contributed by atoms with Gasteiger partial charge in [0.05, 0.1) is 0 Å². The van der Waals surface area contributed by atoms with Gasteiger partial charge in [-0.25, -0.2) is 0 Å². The maximum Gasteiger partial charge on any atom is 0.253 e. The molecule has 0 aliphatic carbocycles. The highest BCUT2D eigenvalue weighted by atomic mass is 16.7. The Morgan fingerprint density at radius 1 is 1.00 bits per heavy atom. The number of hydrogen-bond donors (Lipinski definition) is 1. The third kappa shape index (κ3) is 3.96. The van der Waals surface area contributed by atoms with E-state index in [9.17, 15) is 9.59 Å². The Kier molecular flexibility index (Phi) is 5.19. The summed E-state index contributed by atoms with van der Waals surface area (Å²) in [6, 6.07) is 12.5. The summed E-state index contributed by atoms with van der Waals surface area (Å²) in [6.07, 6.45) is 2.10. The molecule has 0 radical (unpaired) electrons. The average Bonchev–Trinajstić information content (AvgIpc) is 3.20.